The molecule has 2 rings (SSSR count). The van der Waals surface area contributed by atoms with Crippen molar-refractivity contribution in [1.29, 1.82) is 0 Å². The molecule has 1 atom stereocenters. The Morgan fingerprint density at radius 1 is 1.33 bits per heavy atom. The second-order valence-electron chi connectivity index (χ2n) is 4.51. The number of hydrogen-bond acceptors (Lipinski definition) is 4. The third kappa shape index (κ3) is 4.06. The highest BCUT2D eigenvalue weighted by atomic mass is 35.5. The number of carbonyl (C=O) groups is 2. The molecule has 110 valence electrons. The highest BCUT2D eigenvalue weighted by Gasteiger charge is 2.19. The Morgan fingerprint density at radius 2 is 2.10 bits per heavy atom. The van der Waals surface area contributed by atoms with Crippen LogP contribution >= 0.6 is 22.9 Å². The number of carbonyl (C=O) groups excluding carboxylic acids is 2. The van der Waals surface area contributed by atoms with Crippen molar-refractivity contribution < 1.29 is 14.3 Å². The molecule has 0 aliphatic rings. The van der Waals surface area contributed by atoms with Gasteiger partial charge in [0.1, 0.15) is 0 Å². The van der Waals surface area contributed by atoms with Gasteiger partial charge in [-0.15, -0.1) is 0 Å². The van der Waals surface area contributed by atoms with E-state index in [1.54, 1.807) is 35.0 Å². The van der Waals surface area contributed by atoms with Gasteiger partial charge in [-0.25, -0.2) is 4.79 Å². The first-order valence-corrected chi connectivity index (χ1v) is 7.59. The molecule has 1 aromatic carbocycles. The van der Waals surface area contributed by atoms with Crippen molar-refractivity contribution in [2.75, 3.05) is 5.32 Å². The zero-order valence-corrected chi connectivity index (χ0v) is 13.1. The van der Waals surface area contributed by atoms with Crippen molar-refractivity contribution in [3.63, 3.8) is 0 Å². The molecule has 0 spiro atoms. The molecule has 0 aliphatic heterocycles. The third-order valence-corrected chi connectivity index (χ3v) is 3.79. The van der Waals surface area contributed by atoms with Crippen molar-refractivity contribution in [3.8, 4) is 0 Å². The second-order valence-corrected chi connectivity index (χ2v) is 5.72. The predicted octanol–water partition coefficient (Wildman–Crippen LogP) is 3.89. The summed E-state index contributed by atoms with van der Waals surface area (Å²) in [4.78, 5) is 23.8. The summed E-state index contributed by atoms with van der Waals surface area (Å²) in [6.45, 7) is 3.38. The fourth-order valence-corrected chi connectivity index (χ4v) is 2.42. The number of ether oxygens (including phenoxy) is 1. The number of amides is 1. The summed E-state index contributed by atoms with van der Waals surface area (Å²) in [5.74, 6) is -0.911. The summed E-state index contributed by atoms with van der Waals surface area (Å²) < 4.78 is 5.12. The summed E-state index contributed by atoms with van der Waals surface area (Å²) in [6.07, 6.45) is -0.893. The van der Waals surface area contributed by atoms with Gasteiger partial charge in [-0.05, 0) is 43.0 Å². The van der Waals surface area contributed by atoms with Crippen molar-refractivity contribution in [1.82, 2.24) is 0 Å². The van der Waals surface area contributed by atoms with Gasteiger partial charge in [0.15, 0.2) is 6.10 Å². The zero-order chi connectivity index (χ0) is 15.4. The van der Waals surface area contributed by atoms with Gasteiger partial charge >= 0.3 is 5.97 Å². The molecule has 21 heavy (non-hydrogen) atoms. The van der Waals surface area contributed by atoms with E-state index < -0.39 is 18.0 Å². The summed E-state index contributed by atoms with van der Waals surface area (Å²) in [7, 11) is 0. The van der Waals surface area contributed by atoms with Crippen LogP contribution in [0.2, 0.25) is 5.02 Å². The van der Waals surface area contributed by atoms with Gasteiger partial charge in [0.25, 0.3) is 5.91 Å². The van der Waals surface area contributed by atoms with Gasteiger partial charge in [-0.2, -0.15) is 11.3 Å². The SMILES string of the molecule is Cc1ccc(Cl)cc1NC(=O)[C@@H](C)OC(=O)c1ccsc1. The largest absolute Gasteiger partial charge is 0.449 e. The number of rotatable bonds is 4. The van der Waals surface area contributed by atoms with Crippen LogP contribution in [0.1, 0.15) is 22.8 Å². The molecule has 0 saturated heterocycles. The van der Waals surface area contributed by atoms with E-state index in [4.69, 9.17) is 16.3 Å². The van der Waals surface area contributed by atoms with Gasteiger partial charge in [-0.1, -0.05) is 17.7 Å². The summed E-state index contributed by atoms with van der Waals surface area (Å²) in [5.41, 5.74) is 1.92. The molecule has 4 nitrogen and oxygen atoms in total. The molecule has 1 heterocycles. The number of thiophene rings is 1. The Morgan fingerprint density at radius 3 is 2.76 bits per heavy atom. The maximum Gasteiger partial charge on any atom is 0.339 e. The van der Waals surface area contributed by atoms with Crippen LogP contribution < -0.4 is 5.32 Å². The Bertz CT molecular complexity index is 655. The van der Waals surface area contributed by atoms with Crippen LogP contribution in [-0.4, -0.2) is 18.0 Å². The van der Waals surface area contributed by atoms with Crippen molar-refractivity contribution in [3.05, 3.63) is 51.2 Å². The van der Waals surface area contributed by atoms with Crippen LogP contribution in [0.3, 0.4) is 0 Å². The Balaban J connectivity index is 1.99. The van der Waals surface area contributed by atoms with Gasteiger partial charge in [0, 0.05) is 16.1 Å². The number of aryl methyl sites for hydroxylation is 1. The van der Waals surface area contributed by atoms with Crippen LogP contribution in [0, 0.1) is 6.92 Å². The van der Waals surface area contributed by atoms with E-state index in [2.05, 4.69) is 5.32 Å². The first-order valence-electron chi connectivity index (χ1n) is 6.27. The Labute approximate surface area is 131 Å². The number of anilines is 1. The third-order valence-electron chi connectivity index (χ3n) is 2.87. The van der Waals surface area contributed by atoms with E-state index in [0.29, 0.717) is 16.3 Å². The van der Waals surface area contributed by atoms with E-state index in [-0.39, 0.29) is 0 Å². The maximum absolute atomic E-state index is 12.1. The molecule has 0 fully saturated rings. The number of nitrogens with one attached hydrogen (secondary N) is 1. The van der Waals surface area contributed by atoms with E-state index in [9.17, 15) is 9.59 Å². The van der Waals surface area contributed by atoms with E-state index in [0.717, 1.165) is 5.56 Å². The fourth-order valence-electron chi connectivity index (χ4n) is 1.63. The lowest BCUT2D eigenvalue weighted by Crippen LogP contribution is -2.30. The molecule has 0 bridgehead atoms. The normalized spacial score (nSPS) is 11.8. The molecule has 0 saturated carbocycles. The molecular formula is C15H14ClNO3S. The molecule has 0 radical (unpaired) electrons. The van der Waals surface area contributed by atoms with Gasteiger partial charge in [-0.3, -0.25) is 4.79 Å². The van der Waals surface area contributed by atoms with Crippen LogP contribution in [0.25, 0.3) is 0 Å². The molecular weight excluding hydrogens is 310 g/mol. The summed E-state index contributed by atoms with van der Waals surface area (Å²) in [6, 6.07) is 6.85. The van der Waals surface area contributed by atoms with Crippen LogP contribution in [0.15, 0.2) is 35.0 Å². The Hall–Kier alpha value is -1.85. The van der Waals surface area contributed by atoms with E-state index in [1.165, 1.54) is 18.3 Å². The van der Waals surface area contributed by atoms with E-state index in [1.807, 2.05) is 6.92 Å². The minimum absolute atomic E-state index is 0.399. The molecule has 2 aromatic rings. The topological polar surface area (TPSA) is 55.4 Å². The number of hydrogen-bond donors (Lipinski definition) is 1. The van der Waals surface area contributed by atoms with Gasteiger partial charge in [0.2, 0.25) is 0 Å². The van der Waals surface area contributed by atoms with Gasteiger partial charge in [0.05, 0.1) is 5.56 Å². The molecule has 1 amide bonds. The molecule has 0 aliphatic carbocycles. The average Bonchev–Trinajstić information content (AvgIpc) is 2.97. The first-order chi connectivity index (χ1) is 9.97. The monoisotopic (exact) mass is 323 g/mol. The number of benzene rings is 1. The standard InChI is InChI=1S/C15H14ClNO3S/c1-9-3-4-12(16)7-13(9)17-14(18)10(2)20-15(19)11-5-6-21-8-11/h3-8,10H,1-2H3,(H,17,18)/t10-/m1/s1. The second kappa shape index (κ2) is 6.74. The van der Waals surface area contributed by atoms with Crippen LogP contribution in [-0.2, 0) is 9.53 Å². The van der Waals surface area contributed by atoms with Crippen molar-refractivity contribution in [2.45, 2.75) is 20.0 Å². The quantitative estimate of drug-likeness (QED) is 0.868. The molecule has 6 heteroatoms. The predicted molar refractivity (Wildman–Crippen MR) is 84.0 cm³/mol. The zero-order valence-electron chi connectivity index (χ0n) is 11.6. The van der Waals surface area contributed by atoms with Crippen LogP contribution in [0.4, 0.5) is 5.69 Å². The molecule has 1 N–H and O–H groups in total. The lowest BCUT2D eigenvalue weighted by molar-refractivity contribution is -0.123. The van der Waals surface area contributed by atoms with Crippen molar-refractivity contribution in [2.24, 2.45) is 0 Å². The molecule has 1 aromatic heterocycles. The average molecular weight is 324 g/mol. The van der Waals surface area contributed by atoms with Gasteiger partial charge < -0.3 is 10.1 Å². The fraction of sp³-hybridized carbons (Fsp3) is 0.200. The minimum atomic E-state index is -0.893. The lowest BCUT2D eigenvalue weighted by Gasteiger charge is -2.14. The Kier molecular flexibility index (Phi) is 4.98. The van der Waals surface area contributed by atoms with Crippen LogP contribution in [0.5, 0.6) is 0 Å². The van der Waals surface area contributed by atoms with Crippen molar-refractivity contribution >= 4 is 40.5 Å². The number of halogens is 1. The highest BCUT2D eigenvalue weighted by Crippen LogP contribution is 2.20. The highest BCUT2D eigenvalue weighted by molar-refractivity contribution is 7.08. The summed E-state index contributed by atoms with van der Waals surface area (Å²) in [5, 5.41) is 6.68. The molecule has 0 unspecified atom stereocenters. The van der Waals surface area contributed by atoms with E-state index >= 15 is 0 Å². The summed E-state index contributed by atoms with van der Waals surface area (Å²) >= 11 is 7.29. The lowest BCUT2D eigenvalue weighted by atomic mass is 10.2. The first kappa shape index (κ1) is 15.5. The maximum atomic E-state index is 12.1. The smallest absolute Gasteiger partial charge is 0.339 e. The minimum Gasteiger partial charge on any atom is -0.449 e. The number of esters is 1.